The molecule has 0 fully saturated rings. The average molecular weight is 337 g/mol. The quantitative estimate of drug-likeness (QED) is 0.794. The Hall–Kier alpha value is -2.31. The smallest absolute Gasteiger partial charge is 0.410 e. The maximum atomic E-state index is 12.0. The number of ether oxygens (including phenoxy) is 3. The van der Waals surface area contributed by atoms with Crippen LogP contribution < -0.4 is 9.47 Å². The maximum Gasteiger partial charge on any atom is 0.410 e. The van der Waals surface area contributed by atoms with Gasteiger partial charge in [0, 0.05) is 19.3 Å². The Morgan fingerprint density at radius 2 is 2.00 bits per heavy atom. The van der Waals surface area contributed by atoms with Gasteiger partial charge in [0.2, 0.25) is 5.88 Å². The van der Waals surface area contributed by atoms with Gasteiger partial charge >= 0.3 is 12.1 Å². The van der Waals surface area contributed by atoms with E-state index in [1.807, 2.05) is 39.8 Å². The van der Waals surface area contributed by atoms with Gasteiger partial charge < -0.3 is 19.1 Å². The normalized spacial score (nSPS) is 12.8. The fourth-order valence-electron chi connectivity index (χ4n) is 1.80. The van der Waals surface area contributed by atoms with E-state index in [9.17, 15) is 4.79 Å². The summed E-state index contributed by atoms with van der Waals surface area (Å²) in [6.45, 7) is 7.49. The molecule has 1 heterocycles. The molecule has 0 bridgehead atoms. The molecule has 0 unspecified atom stereocenters. The van der Waals surface area contributed by atoms with Crippen molar-refractivity contribution in [1.29, 1.82) is 0 Å². The second-order valence-electron chi connectivity index (χ2n) is 6.40. The molecule has 7 heteroatoms. The van der Waals surface area contributed by atoms with Crippen LogP contribution in [0.3, 0.4) is 0 Å². The van der Waals surface area contributed by atoms with Gasteiger partial charge in [0.1, 0.15) is 5.60 Å². The summed E-state index contributed by atoms with van der Waals surface area (Å²) in [5.41, 5.74) is 0.236. The first-order chi connectivity index (χ1) is 11.2. The van der Waals surface area contributed by atoms with Crippen LogP contribution in [0.1, 0.15) is 39.7 Å². The Labute approximate surface area is 143 Å². The van der Waals surface area contributed by atoms with Gasteiger partial charge in [-0.25, -0.2) is 9.78 Å². The average Bonchev–Trinajstić information content (AvgIpc) is 2.52. The van der Waals surface area contributed by atoms with E-state index < -0.39 is 5.60 Å². The van der Waals surface area contributed by atoms with Crippen LogP contribution in [0.2, 0.25) is 0 Å². The van der Waals surface area contributed by atoms with Crippen molar-refractivity contribution in [1.82, 2.24) is 14.9 Å². The van der Waals surface area contributed by atoms with Crippen molar-refractivity contribution in [3.63, 3.8) is 0 Å². The van der Waals surface area contributed by atoms with Gasteiger partial charge in [-0.2, -0.15) is 4.98 Å². The molecule has 1 aromatic heterocycles. The van der Waals surface area contributed by atoms with Crippen LogP contribution in [0.25, 0.3) is 6.08 Å². The Morgan fingerprint density at radius 1 is 1.33 bits per heavy atom. The fourth-order valence-corrected chi connectivity index (χ4v) is 1.80. The lowest BCUT2D eigenvalue weighted by Crippen LogP contribution is -2.39. The second kappa shape index (κ2) is 8.52. The third-order valence-electron chi connectivity index (χ3n) is 3.25. The van der Waals surface area contributed by atoms with Crippen molar-refractivity contribution in [3.8, 4) is 11.9 Å². The van der Waals surface area contributed by atoms with Gasteiger partial charge in [-0.1, -0.05) is 12.2 Å². The van der Waals surface area contributed by atoms with Gasteiger partial charge in [0.05, 0.1) is 19.8 Å². The molecule has 0 N–H and O–H groups in total. The van der Waals surface area contributed by atoms with Gasteiger partial charge in [0.15, 0.2) is 0 Å². The van der Waals surface area contributed by atoms with Gasteiger partial charge in [-0.05, 0) is 34.1 Å². The second-order valence-corrected chi connectivity index (χ2v) is 6.40. The van der Waals surface area contributed by atoms with Crippen molar-refractivity contribution < 1.29 is 19.0 Å². The first-order valence-electron chi connectivity index (χ1n) is 7.75. The monoisotopic (exact) mass is 337 g/mol. The highest BCUT2D eigenvalue weighted by Gasteiger charge is 2.22. The molecule has 0 saturated heterocycles. The van der Waals surface area contributed by atoms with Crippen molar-refractivity contribution in [3.05, 3.63) is 17.8 Å². The number of hydrogen-bond acceptors (Lipinski definition) is 6. The zero-order valence-corrected chi connectivity index (χ0v) is 15.5. The molecule has 1 atom stereocenters. The first-order valence-corrected chi connectivity index (χ1v) is 7.75. The van der Waals surface area contributed by atoms with Gasteiger partial charge in [0.25, 0.3) is 0 Å². The van der Waals surface area contributed by atoms with Gasteiger partial charge in [-0.15, -0.1) is 0 Å². The number of methoxy groups -OCH3 is 2. The van der Waals surface area contributed by atoms with Crippen molar-refractivity contribution in [2.24, 2.45) is 0 Å². The highest BCUT2D eigenvalue weighted by molar-refractivity contribution is 5.68. The summed E-state index contributed by atoms with van der Waals surface area (Å²) in [5.74, 6) is 0.436. The molecule has 0 radical (unpaired) electrons. The Morgan fingerprint density at radius 3 is 2.54 bits per heavy atom. The standard InChI is InChI=1S/C17H27N3O4/c1-12(20(5)16(21)24-17(2,3)4)9-8-10-13-11-18-15(23-7)19-14(13)22-6/h8,10-12H,9H2,1-7H3/b10-8+/t12-/m0/s1. The third kappa shape index (κ3) is 6.06. The van der Waals surface area contributed by atoms with E-state index in [1.54, 1.807) is 18.1 Å². The number of carbonyl (C=O) groups excluding carboxylic acids is 1. The minimum atomic E-state index is -0.505. The lowest BCUT2D eigenvalue weighted by atomic mass is 10.2. The van der Waals surface area contributed by atoms with Crippen LogP contribution in [-0.4, -0.2) is 53.9 Å². The van der Waals surface area contributed by atoms with Crippen molar-refractivity contribution >= 4 is 12.2 Å². The van der Waals surface area contributed by atoms with E-state index in [1.165, 1.54) is 14.2 Å². The summed E-state index contributed by atoms with van der Waals surface area (Å²) in [5, 5.41) is 0. The molecule has 0 spiro atoms. The van der Waals surface area contributed by atoms with E-state index in [0.717, 1.165) is 5.56 Å². The summed E-state index contributed by atoms with van der Waals surface area (Å²) < 4.78 is 15.5. The molecule has 0 aliphatic rings. The largest absolute Gasteiger partial charge is 0.480 e. The van der Waals surface area contributed by atoms with E-state index in [-0.39, 0.29) is 18.1 Å². The highest BCUT2D eigenvalue weighted by atomic mass is 16.6. The SMILES string of the molecule is COc1ncc(/C=C/C[C@H](C)N(C)C(=O)OC(C)(C)C)c(OC)n1. The van der Waals surface area contributed by atoms with Crippen molar-refractivity contribution in [2.45, 2.75) is 45.8 Å². The number of carbonyl (C=O) groups is 1. The van der Waals surface area contributed by atoms with E-state index in [2.05, 4.69) is 9.97 Å². The molecule has 134 valence electrons. The summed E-state index contributed by atoms with van der Waals surface area (Å²) in [6, 6.07) is 0.239. The number of rotatable bonds is 6. The molecule has 7 nitrogen and oxygen atoms in total. The third-order valence-corrected chi connectivity index (χ3v) is 3.25. The maximum absolute atomic E-state index is 12.0. The van der Waals surface area contributed by atoms with Crippen LogP contribution in [0.15, 0.2) is 12.3 Å². The predicted octanol–water partition coefficient (Wildman–Crippen LogP) is 3.15. The van der Waals surface area contributed by atoms with E-state index >= 15 is 0 Å². The number of hydrogen-bond donors (Lipinski definition) is 0. The van der Waals surface area contributed by atoms with Crippen LogP contribution in [-0.2, 0) is 4.74 Å². The molecule has 0 saturated carbocycles. The lowest BCUT2D eigenvalue weighted by molar-refractivity contribution is 0.0238. The topological polar surface area (TPSA) is 73.8 Å². The minimum absolute atomic E-state index is 0.0127. The number of amides is 1. The number of nitrogens with zero attached hydrogens (tertiary/aromatic N) is 3. The highest BCUT2D eigenvalue weighted by Crippen LogP contribution is 2.19. The number of aromatic nitrogens is 2. The Bertz CT molecular complexity index is 582. The molecule has 24 heavy (non-hydrogen) atoms. The molecule has 1 amide bonds. The van der Waals surface area contributed by atoms with Crippen molar-refractivity contribution in [2.75, 3.05) is 21.3 Å². The van der Waals surface area contributed by atoms with Crippen LogP contribution in [0.5, 0.6) is 11.9 Å². The predicted molar refractivity (Wildman–Crippen MR) is 92.2 cm³/mol. The molecule has 0 aliphatic heterocycles. The fraction of sp³-hybridized carbons (Fsp3) is 0.588. The summed E-state index contributed by atoms with van der Waals surface area (Å²) in [7, 11) is 4.76. The molecule has 0 aromatic carbocycles. The summed E-state index contributed by atoms with van der Waals surface area (Å²) in [6.07, 6.45) is 5.75. The molecular formula is C17H27N3O4. The van der Waals surface area contributed by atoms with E-state index in [0.29, 0.717) is 12.3 Å². The van der Waals surface area contributed by atoms with Crippen LogP contribution in [0, 0.1) is 0 Å². The Kier molecular flexibility index (Phi) is 7.00. The first kappa shape index (κ1) is 19.7. The van der Waals surface area contributed by atoms with Crippen LogP contribution in [0.4, 0.5) is 4.79 Å². The summed E-state index contributed by atoms with van der Waals surface area (Å²) >= 11 is 0. The zero-order valence-electron chi connectivity index (χ0n) is 15.5. The molecule has 0 aliphatic carbocycles. The lowest BCUT2D eigenvalue weighted by Gasteiger charge is -2.28. The minimum Gasteiger partial charge on any atom is -0.480 e. The summed E-state index contributed by atoms with van der Waals surface area (Å²) in [4.78, 5) is 21.8. The zero-order chi connectivity index (χ0) is 18.3. The molecular weight excluding hydrogens is 310 g/mol. The Balaban J connectivity index is 2.68. The van der Waals surface area contributed by atoms with Gasteiger partial charge in [-0.3, -0.25) is 0 Å². The molecule has 1 rings (SSSR count). The van der Waals surface area contributed by atoms with E-state index in [4.69, 9.17) is 14.2 Å². The van der Waals surface area contributed by atoms with Crippen LogP contribution >= 0.6 is 0 Å². The molecule has 1 aromatic rings.